The largest absolute Gasteiger partial charge is 0.489 e. The van der Waals surface area contributed by atoms with Crippen molar-refractivity contribution in [2.24, 2.45) is 5.10 Å². The standard InChI is InChI=1S/C23H18BrN3O2/c24-21-9-7-17(8-10-21)13-23(28)27-26-15-19-4-2-6-22(12-19)29-16-20-5-1-3-18(11-20)14-25/h1-12,15H,13,16H2,(H,27,28)/b26-15+. The summed E-state index contributed by atoms with van der Waals surface area (Å²) >= 11 is 3.37. The summed E-state index contributed by atoms with van der Waals surface area (Å²) in [5, 5.41) is 13.0. The first-order valence-electron chi connectivity index (χ1n) is 8.90. The van der Waals surface area contributed by atoms with Gasteiger partial charge in [-0.2, -0.15) is 10.4 Å². The van der Waals surface area contributed by atoms with Gasteiger partial charge in [-0.3, -0.25) is 4.79 Å². The van der Waals surface area contributed by atoms with Crippen molar-refractivity contribution in [3.63, 3.8) is 0 Å². The van der Waals surface area contributed by atoms with Crippen LogP contribution in [0.2, 0.25) is 0 Å². The highest BCUT2D eigenvalue weighted by Crippen LogP contribution is 2.15. The molecule has 0 aliphatic carbocycles. The van der Waals surface area contributed by atoms with Crippen LogP contribution in [0.15, 0.2) is 82.4 Å². The van der Waals surface area contributed by atoms with Crippen LogP contribution in [-0.4, -0.2) is 12.1 Å². The van der Waals surface area contributed by atoms with Gasteiger partial charge >= 0.3 is 0 Å². The molecule has 0 aliphatic heterocycles. The number of halogens is 1. The van der Waals surface area contributed by atoms with E-state index in [4.69, 9.17) is 10.00 Å². The quantitative estimate of drug-likeness (QED) is 0.424. The average molecular weight is 448 g/mol. The second-order valence-electron chi connectivity index (χ2n) is 6.27. The molecule has 0 unspecified atom stereocenters. The molecular weight excluding hydrogens is 430 g/mol. The van der Waals surface area contributed by atoms with E-state index >= 15 is 0 Å². The van der Waals surface area contributed by atoms with Gasteiger partial charge in [-0.1, -0.05) is 52.3 Å². The molecule has 3 aromatic rings. The minimum atomic E-state index is -0.187. The highest BCUT2D eigenvalue weighted by atomic mass is 79.9. The maximum absolute atomic E-state index is 12.0. The maximum atomic E-state index is 12.0. The van der Waals surface area contributed by atoms with Crippen molar-refractivity contribution in [1.29, 1.82) is 5.26 Å². The molecule has 3 aromatic carbocycles. The predicted molar refractivity (Wildman–Crippen MR) is 116 cm³/mol. The number of carbonyl (C=O) groups is 1. The molecule has 3 rings (SSSR count). The first kappa shape index (κ1) is 20.3. The maximum Gasteiger partial charge on any atom is 0.244 e. The summed E-state index contributed by atoms with van der Waals surface area (Å²) in [6, 6.07) is 24.4. The van der Waals surface area contributed by atoms with E-state index in [1.807, 2.05) is 60.7 Å². The SMILES string of the molecule is N#Cc1cccc(COc2cccc(/C=N/NC(=O)Cc3ccc(Br)cc3)c2)c1. The summed E-state index contributed by atoms with van der Waals surface area (Å²) in [5.74, 6) is 0.492. The van der Waals surface area contributed by atoms with Crippen LogP contribution in [-0.2, 0) is 17.8 Å². The zero-order valence-corrected chi connectivity index (χ0v) is 17.1. The van der Waals surface area contributed by atoms with E-state index in [0.717, 1.165) is 21.2 Å². The fraction of sp³-hybridized carbons (Fsp3) is 0.0870. The number of nitriles is 1. The van der Waals surface area contributed by atoms with Gasteiger partial charge in [0.1, 0.15) is 12.4 Å². The molecule has 0 bridgehead atoms. The lowest BCUT2D eigenvalue weighted by Gasteiger charge is -2.07. The second kappa shape index (κ2) is 10.2. The Morgan fingerprint density at radius 3 is 2.66 bits per heavy atom. The first-order valence-corrected chi connectivity index (χ1v) is 9.70. The molecule has 6 heteroatoms. The molecule has 0 spiro atoms. The Kier molecular flexibility index (Phi) is 7.15. The average Bonchev–Trinajstić information content (AvgIpc) is 2.74. The zero-order chi connectivity index (χ0) is 20.5. The number of hydrogen-bond acceptors (Lipinski definition) is 4. The van der Waals surface area contributed by atoms with Gasteiger partial charge in [0.25, 0.3) is 0 Å². The number of hydrazone groups is 1. The number of hydrogen-bond donors (Lipinski definition) is 1. The minimum Gasteiger partial charge on any atom is -0.489 e. The minimum absolute atomic E-state index is 0.187. The van der Waals surface area contributed by atoms with E-state index in [-0.39, 0.29) is 12.3 Å². The van der Waals surface area contributed by atoms with E-state index in [2.05, 4.69) is 32.5 Å². The Labute approximate surface area is 177 Å². The molecule has 0 heterocycles. The molecule has 144 valence electrons. The normalized spacial score (nSPS) is 10.5. The fourth-order valence-corrected chi connectivity index (χ4v) is 2.85. The third kappa shape index (κ3) is 6.59. The number of nitrogens with zero attached hydrogens (tertiary/aromatic N) is 2. The lowest BCUT2D eigenvalue weighted by Crippen LogP contribution is -2.19. The number of carbonyl (C=O) groups excluding carboxylic acids is 1. The molecule has 1 N–H and O–H groups in total. The van der Waals surface area contributed by atoms with E-state index in [9.17, 15) is 4.79 Å². The van der Waals surface area contributed by atoms with Crippen molar-refractivity contribution >= 4 is 28.1 Å². The zero-order valence-electron chi connectivity index (χ0n) is 15.5. The van der Waals surface area contributed by atoms with Gasteiger partial charge in [-0.15, -0.1) is 0 Å². The van der Waals surface area contributed by atoms with Crippen LogP contribution in [0.4, 0.5) is 0 Å². The smallest absolute Gasteiger partial charge is 0.244 e. The Morgan fingerprint density at radius 1 is 1.07 bits per heavy atom. The van der Waals surface area contributed by atoms with Crippen molar-refractivity contribution in [2.45, 2.75) is 13.0 Å². The lowest BCUT2D eigenvalue weighted by molar-refractivity contribution is -0.120. The summed E-state index contributed by atoms with van der Waals surface area (Å²) in [5.41, 5.74) is 5.77. The number of benzene rings is 3. The van der Waals surface area contributed by atoms with Crippen molar-refractivity contribution < 1.29 is 9.53 Å². The Morgan fingerprint density at radius 2 is 1.86 bits per heavy atom. The van der Waals surface area contributed by atoms with Gasteiger partial charge in [0.05, 0.1) is 24.3 Å². The van der Waals surface area contributed by atoms with Crippen LogP contribution < -0.4 is 10.2 Å². The molecule has 1 amide bonds. The van der Waals surface area contributed by atoms with Gasteiger partial charge in [-0.25, -0.2) is 5.43 Å². The van der Waals surface area contributed by atoms with Crippen LogP contribution in [0.3, 0.4) is 0 Å². The van der Waals surface area contributed by atoms with E-state index < -0.39 is 0 Å². The number of rotatable bonds is 7. The summed E-state index contributed by atoms with van der Waals surface area (Å²) in [7, 11) is 0. The van der Waals surface area contributed by atoms with Gasteiger partial charge in [0.2, 0.25) is 5.91 Å². The Hall–Kier alpha value is -3.43. The summed E-state index contributed by atoms with van der Waals surface area (Å²) in [6.45, 7) is 0.361. The molecule has 29 heavy (non-hydrogen) atoms. The third-order valence-electron chi connectivity index (χ3n) is 4.00. The number of amides is 1. The van der Waals surface area contributed by atoms with Crippen LogP contribution >= 0.6 is 15.9 Å². The van der Waals surface area contributed by atoms with Crippen molar-refractivity contribution in [2.75, 3.05) is 0 Å². The molecule has 5 nitrogen and oxygen atoms in total. The monoisotopic (exact) mass is 447 g/mol. The van der Waals surface area contributed by atoms with Gasteiger partial charge < -0.3 is 4.74 Å². The third-order valence-corrected chi connectivity index (χ3v) is 4.53. The molecule has 0 aromatic heterocycles. The Bertz CT molecular complexity index is 1060. The van der Waals surface area contributed by atoms with Crippen LogP contribution in [0, 0.1) is 11.3 Å². The van der Waals surface area contributed by atoms with Crippen LogP contribution in [0.1, 0.15) is 22.3 Å². The van der Waals surface area contributed by atoms with E-state index in [1.165, 1.54) is 0 Å². The Balaban J connectivity index is 1.52. The molecule has 0 aliphatic rings. The van der Waals surface area contributed by atoms with Crippen LogP contribution in [0.5, 0.6) is 5.75 Å². The fourth-order valence-electron chi connectivity index (χ4n) is 2.59. The lowest BCUT2D eigenvalue weighted by atomic mass is 10.1. The first-order chi connectivity index (χ1) is 14.1. The van der Waals surface area contributed by atoms with Crippen molar-refractivity contribution in [3.8, 4) is 11.8 Å². The predicted octanol–water partition coefficient (Wildman–Crippen LogP) is 4.59. The molecule has 0 fully saturated rings. The molecule has 0 saturated heterocycles. The van der Waals surface area contributed by atoms with Crippen molar-refractivity contribution in [3.05, 3.63) is 99.5 Å². The van der Waals surface area contributed by atoms with Gasteiger partial charge in [0.15, 0.2) is 0 Å². The topological polar surface area (TPSA) is 74.5 Å². The van der Waals surface area contributed by atoms with Gasteiger partial charge in [-0.05, 0) is 53.1 Å². The molecule has 0 atom stereocenters. The van der Waals surface area contributed by atoms with E-state index in [1.54, 1.807) is 18.3 Å². The number of nitrogens with one attached hydrogen (secondary N) is 1. The highest BCUT2D eigenvalue weighted by Gasteiger charge is 2.02. The number of ether oxygens (including phenoxy) is 1. The van der Waals surface area contributed by atoms with Crippen molar-refractivity contribution in [1.82, 2.24) is 5.43 Å². The summed E-state index contributed by atoms with van der Waals surface area (Å²) < 4.78 is 6.76. The van der Waals surface area contributed by atoms with E-state index in [0.29, 0.717) is 17.9 Å². The second-order valence-corrected chi connectivity index (χ2v) is 7.19. The van der Waals surface area contributed by atoms with Crippen LogP contribution in [0.25, 0.3) is 0 Å². The highest BCUT2D eigenvalue weighted by molar-refractivity contribution is 9.10. The van der Waals surface area contributed by atoms with Gasteiger partial charge in [0, 0.05) is 4.47 Å². The summed E-state index contributed by atoms with van der Waals surface area (Å²) in [6.07, 6.45) is 1.83. The molecule has 0 radical (unpaired) electrons. The molecular formula is C23H18BrN3O2. The molecule has 0 saturated carbocycles. The summed E-state index contributed by atoms with van der Waals surface area (Å²) in [4.78, 5) is 12.0.